The molecule has 0 bridgehead atoms. The topological polar surface area (TPSA) is 63.0 Å². The minimum Gasteiger partial charge on any atom is -0.275 e. The molecule has 0 saturated carbocycles. The van der Waals surface area contributed by atoms with E-state index in [1.165, 1.54) is 17.3 Å². The summed E-state index contributed by atoms with van der Waals surface area (Å²) in [5, 5.41) is 14.8. The van der Waals surface area contributed by atoms with Crippen LogP contribution in [0.25, 0.3) is 0 Å². The number of rotatable bonds is 1. The van der Waals surface area contributed by atoms with Crippen molar-refractivity contribution >= 4 is 0 Å². The predicted octanol–water partition coefficient (Wildman–Crippen LogP) is -0.789. The molecule has 0 aliphatic heterocycles. The van der Waals surface area contributed by atoms with Crippen LogP contribution in [-0.2, 0) is 0 Å². The molecule has 0 aliphatic rings. The zero-order valence-corrected chi connectivity index (χ0v) is 3.44. The molecule has 0 atom stereocenters. The summed E-state index contributed by atoms with van der Waals surface area (Å²) in [6.45, 7) is 0. The number of hydrogen-bond acceptors (Lipinski definition) is 4. The first-order valence-corrected chi connectivity index (χ1v) is 1.68. The minimum atomic E-state index is 1.21. The van der Waals surface area contributed by atoms with Crippen LogP contribution in [0.2, 0.25) is 0 Å². The molecule has 7 heavy (non-hydrogen) atoms. The van der Waals surface area contributed by atoms with Gasteiger partial charge in [-0.1, -0.05) is 0 Å². The zero-order chi connectivity index (χ0) is 5.11. The Labute approximate surface area is 39.5 Å². The van der Waals surface area contributed by atoms with Crippen LogP contribution in [0, 0.1) is 0 Å². The molecular weight excluding hydrogens is 96.0 g/mol. The lowest BCUT2D eigenvalue weighted by atomic mass is 11.3. The second-order valence-corrected chi connectivity index (χ2v) is 0.969. The third-order valence-electron chi connectivity index (χ3n) is 0.534. The van der Waals surface area contributed by atoms with Crippen molar-refractivity contribution in [3.05, 3.63) is 12.7 Å². The van der Waals surface area contributed by atoms with Crippen molar-refractivity contribution in [2.24, 2.45) is 0 Å². The Kier molecular flexibility index (Phi) is 0.910. The molecule has 0 aromatic carbocycles. The molecule has 5 nitrogen and oxygen atoms in total. The second kappa shape index (κ2) is 1.57. The quantitative estimate of drug-likeness (QED) is 0.454. The second-order valence-electron chi connectivity index (χ2n) is 0.969. The van der Waals surface area contributed by atoms with Gasteiger partial charge in [0.2, 0.25) is 0 Å². The highest BCUT2D eigenvalue weighted by atomic mass is 16.5. The molecule has 1 rings (SSSR count). The van der Waals surface area contributed by atoms with E-state index < -0.39 is 0 Å². The van der Waals surface area contributed by atoms with E-state index in [4.69, 9.17) is 5.21 Å². The smallest absolute Gasteiger partial charge is 0.141 e. The van der Waals surface area contributed by atoms with Crippen LogP contribution in [-0.4, -0.2) is 20.1 Å². The highest BCUT2D eigenvalue weighted by Gasteiger charge is 1.77. The highest BCUT2D eigenvalue weighted by Crippen LogP contribution is 1.68. The molecule has 1 aromatic heterocycles. The maximum absolute atomic E-state index is 8.06. The number of hydrogen-bond donors (Lipinski definition) is 2. The van der Waals surface area contributed by atoms with E-state index in [0.29, 0.717) is 0 Å². The molecule has 1 heterocycles. The Hall–Kier alpha value is -1.10. The third kappa shape index (κ3) is 0.660. The summed E-state index contributed by atoms with van der Waals surface area (Å²) >= 11 is 0. The largest absolute Gasteiger partial charge is 0.275 e. The first-order valence-electron chi connectivity index (χ1n) is 1.68. The summed E-state index contributed by atoms with van der Waals surface area (Å²) in [7, 11) is 0. The molecule has 38 valence electrons. The summed E-state index contributed by atoms with van der Waals surface area (Å²) in [6.07, 6.45) is 2.67. The minimum absolute atomic E-state index is 1.21. The summed E-state index contributed by atoms with van der Waals surface area (Å²) in [6, 6.07) is 0. The Morgan fingerprint density at radius 1 is 1.43 bits per heavy atom. The molecule has 1 aromatic rings. The summed E-state index contributed by atoms with van der Waals surface area (Å²) in [5.41, 5.74) is 1.80. The number of nitrogens with zero attached hydrogens (tertiary/aromatic N) is 3. The van der Waals surface area contributed by atoms with Crippen LogP contribution < -0.4 is 5.59 Å². The third-order valence-corrected chi connectivity index (χ3v) is 0.534. The van der Waals surface area contributed by atoms with E-state index in [2.05, 4.69) is 10.2 Å². The molecule has 0 amide bonds. The highest BCUT2D eigenvalue weighted by molar-refractivity contribution is 4.59. The molecule has 0 aliphatic carbocycles. The Morgan fingerprint density at radius 3 is 2.29 bits per heavy atom. The Morgan fingerprint density at radius 2 is 2.00 bits per heavy atom. The van der Waals surface area contributed by atoms with Gasteiger partial charge in [0, 0.05) is 0 Å². The van der Waals surface area contributed by atoms with E-state index >= 15 is 0 Å². The van der Waals surface area contributed by atoms with Crippen molar-refractivity contribution in [1.82, 2.24) is 14.9 Å². The van der Waals surface area contributed by atoms with Crippen LogP contribution >= 0.6 is 0 Å². The molecule has 0 spiro atoms. The maximum Gasteiger partial charge on any atom is 0.141 e. The Bertz CT molecular complexity index is 124. The molecule has 2 N–H and O–H groups in total. The van der Waals surface area contributed by atoms with Crippen LogP contribution in [0.5, 0.6) is 0 Å². The summed E-state index contributed by atoms with van der Waals surface area (Å²) in [5.74, 6) is 0. The SMILES string of the molecule is ONn1cnnc1. The van der Waals surface area contributed by atoms with Gasteiger partial charge in [0.15, 0.2) is 0 Å². The molecule has 5 heteroatoms. The van der Waals surface area contributed by atoms with Crippen molar-refractivity contribution < 1.29 is 5.21 Å². The lowest BCUT2D eigenvalue weighted by Gasteiger charge is -1.89. The lowest BCUT2D eigenvalue weighted by Crippen LogP contribution is -2.05. The number of nitrogens with one attached hydrogen (secondary N) is 1. The van der Waals surface area contributed by atoms with Gasteiger partial charge in [0.25, 0.3) is 0 Å². The monoisotopic (exact) mass is 100 g/mol. The van der Waals surface area contributed by atoms with E-state index in [1.807, 2.05) is 0 Å². The molecule has 0 radical (unpaired) electrons. The van der Waals surface area contributed by atoms with E-state index in [0.717, 1.165) is 0 Å². The lowest BCUT2D eigenvalue weighted by molar-refractivity contribution is 0.317. The van der Waals surface area contributed by atoms with Crippen LogP contribution in [0.15, 0.2) is 12.7 Å². The molecule has 0 fully saturated rings. The van der Waals surface area contributed by atoms with Gasteiger partial charge < -0.3 is 0 Å². The van der Waals surface area contributed by atoms with E-state index in [9.17, 15) is 0 Å². The van der Waals surface area contributed by atoms with E-state index in [-0.39, 0.29) is 0 Å². The van der Waals surface area contributed by atoms with Crippen molar-refractivity contribution in [1.29, 1.82) is 0 Å². The fourth-order valence-electron chi connectivity index (χ4n) is 0.252. The zero-order valence-electron chi connectivity index (χ0n) is 3.44. The van der Waals surface area contributed by atoms with Gasteiger partial charge >= 0.3 is 0 Å². The number of aromatic nitrogens is 3. The molecule has 0 unspecified atom stereocenters. The first kappa shape index (κ1) is 4.07. The van der Waals surface area contributed by atoms with Crippen LogP contribution in [0.3, 0.4) is 0 Å². The van der Waals surface area contributed by atoms with Crippen molar-refractivity contribution in [3.8, 4) is 0 Å². The fourth-order valence-corrected chi connectivity index (χ4v) is 0.252. The van der Waals surface area contributed by atoms with Gasteiger partial charge in [0.05, 0.1) is 0 Å². The van der Waals surface area contributed by atoms with Crippen LogP contribution in [0.1, 0.15) is 0 Å². The van der Waals surface area contributed by atoms with Crippen molar-refractivity contribution in [3.63, 3.8) is 0 Å². The van der Waals surface area contributed by atoms with Gasteiger partial charge in [-0.15, -0.1) is 10.2 Å². The standard InChI is InChI=1S/C2H4N4O/c7-5-6-1-3-4-2-6/h1-2,5,7H. The fraction of sp³-hybridized carbons (Fsp3) is 0. The molecule has 0 saturated heterocycles. The van der Waals surface area contributed by atoms with Gasteiger partial charge in [-0.2, -0.15) is 0 Å². The van der Waals surface area contributed by atoms with Crippen LogP contribution in [0.4, 0.5) is 0 Å². The average Bonchev–Trinajstić information content (AvgIpc) is 2.14. The summed E-state index contributed by atoms with van der Waals surface area (Å²) < 4.78 is 1.21. The summed E-state index contributed by atoms with van der Waals surface area (Å²) in [4.78, 5) is 0. The Balaban J connectivity index is 2.76. The normalized spacial score (nSPS) is 8.71. The first-order chi connectivity index (χ1) is 3.43. The maximum atomic E-state index is 8.06. The molecular formula is C2H4N4O. The average molecular weight is 100 g/mol. The van der Waals surface area contributed by atoms with Gasteiger partial charge in [-0.05, 0) is 0 Å². The van der Waals surface area contributed by atoms with Gasteiger partial charge in [-0.25, -0.2) is 10.3 Å². The van der Waals surface area contributed by atoms with Crippen molar-refractivity contribution in [2.75, 3.05) is 5.59 Å². The van der Waals surface area contributed by atoms with Gasteiger partial charge in [0.1, 0.15) is 12.7 Å². The van der Waals surface area contributed by atoms with Gasteiger partial charge in [-0.3, -0.25) is 5.21 Å². The van der Waals surface area contributed by atoms with E-state index in [1.54, 1.807) is 5.59 Å². The predicted molar refractivity (Wildman–Crippen MR) is 21.2 cm³/mol. The van der Waals surface area contributed by atoms with Crippen molar-refractivity contribution in [2.45, 2.75) is 0 Å².